The fraction of sp³-hybridized carbons (Fsp3) is 0.600. The molecule has 106 valence electrons. The molecule has 0 aliphatic carbocycles. The van der Waals surface area contributed by atoms with Crippen LogP contribution in [0.4, 0.5) is 0 Å². The van der Waals surface area contributed by atoms with E-state index in [1.807, 2.05) is 24.3 Å². The van der Waals surface area contributed by atoms with Crippen molar-refractivity contribution in [2.45, 2.75) is 12.8 Å². The van der Waals surface area contributed by atoms with Gasteiger partial charge in [0, 0.05) is 12.5 Å². The van der Waals surface area contributed by atoms with Crippen LogP contribution in [0.15, 0.2) is 24.3 Å². The maximum absolute atomic E-state index is 9.52. The van der Waals surface area contributed by atoms with Crippen LogP contribution in [-0.2, 0) is 0 Å². The van der Waals surface area contributed by atoms with Crippen molar-refractivity contribution in [1.82, 2.24) is 5.32 Å². The van der Waals surface area contributed by atoms with E-state index in [-0.39, 0.29) is 12.5 Å². The van der Waals surface area contributed by atoms with Gasteiger partial charge in [-0.05, 0) is 56.1 Å². The Morgan fingerprint density at radius 1 is 1.21 bits per heavy atom. The van der Waals surface area contributed by atoms with Crippen LogP contribution in [0.25, 0.3) is 0 Å². The molecule has 1 atom stereocenters. The summed E-state index contributed by atoms with van der Waals surface area (Å²) >= 11 is 0. The Hall–Kier alpha value is -1.26. The van der Waals surface area contributed by atoms with E-state index in [1.165, 1.54) is 0 Å². The summed E-state index contributed by atoms with van der Waals surface area (Å²) in [6.45, 7) is 2.86. The summed E-state index contributed by atoms with van der Waals surface area (Å²) < 4.78 is 10.9. The number of benzene rings is 1. The van der Waals surface area contributed by atoms with E-state index in [4.69, 9.17) is 9.47 Å². The average Bonchev–Trinajstić information content (AvgIpc) is 2.49. The van der Waals surface area contributed by atoms with Crippen molar-refractivity contribution >= 4 is 0 Å². The van der Waals surface area contributed by atoms with Crippen LogP contribution < -0.4 is 14.8 Å². The molecule has 0 bridgehead atoms. The molecule has 2 rings (SSSR count). The van der Waals surface area contributed by atoms with Crippen molar-refractivity contribution in [3.63, 3.8) is 0 Å². The zero-order valence-corrected chi connectivity index (χ0v) is 11.5. The highest BCUT2D eigenvalue weighted by molar-refractivity contribution is 5.31. The van der Waals surface area contributed by atoms with Gasteiger partial charge in [0.1, 0.15) is 11.5 Å². The van der Waals surface area contributed by atoms with E-state index in [0.717, 1.165) is 37.4 Å². The molecule has 1 unspecified atom stereocenters. The summed E-state index contributed by atoms with van der Waals surface area (Å²) in [5.74, 6) is 2.44. The minimum atomic E-state index is 0.195. The predicted molar refractivity (Wildman–Crippen MR) is 74.7 cm³/mol. The fourth-order valence-corrected chi connectivity index (χ4v) is 2.53. The zero-order valence-electron chi connectivity index (χ0n) is 11.5. The molecule has 1 aliphatic rings. The van der Waals surface area contributed by atoms with Crippen molar-refractivity contribution in [1.29, 1.82) is 0 Å². The topological polar surface area (TPSA) is 50.7 Å². The van der Waals surface area contributed by atoms with Gasteiger partial charge in [0.25, 0.3) is 0 Å². The van der Waals surface area contributed by atoms with Gasteiger partial charge < -0.3 is 19.9 Å². The number of nitrogens with one attached hydrogen (secondary N) is 1. The number of aliphatic hydroxyl groups is 1. The number of hydrogen-bond donors (Lipinski definition) is 2. The molecule has 4 heteroatoms. The van der Waals surface area contributed by atoms with Gasteiger partial charge in [-0.2, -0.15) is 0 Å². The van der Waals surface area contributed by atoms with Crippen LogP contribution in [0.2, 0.25) is 0 Å². The molecule has 4 nitrogen and oxygen atoms in total. The van der Waals surface area contributed by atoms with Crippen molar-refractivity contribution < 1.29 is 14.6 Å². The molecule has 0 aromatic heterocycles. The van der Waals surface area contributed by atoms with E-state index in [2.05, 4.69) is 5.32 Å². The Balaban J connectivity index is 1.84. The van der Waals surface area contributed by atoms with Crippen LogP contribution in [0, 0.1) is 11.8 Å². The Labute approximate surface area is 114 Å². The fourth-order valence-electron chi connectivity index (χ4n) is 2.53. The molecular formula is C15H23NO3. The third-order valence-electron chi connectivity index (χ3n) is 3.81. The molecule has 1 fully saturated rings. The van der Waals surface area contributed by atoms with Gasteiger partial charge in [-0.25, -0.2) is 0 Å². The summed E-state index contributed by atoms with van der Waals surface area (Å²) in [6.07, 6.45) is 2.24. The predicted octanol–water partition coefficient (Wildman–Crippen LogP) is 1.68. The highest BCUT2D eigenvalue weighted by Crippen LogP contribution is 2.24. The lowest BCUT2D eigenvalue weighted by atomic mass is 9.86. The van der Waals surface area contributed by atoms with E-state index in [1.54, 1.807) is 7.11 Å². The zero-order chi connectivity index (χ0) is 13.5. The minimum absolute atomic E-state index is 0.195. The smallest absolute Gasteiger partial charge is 0.119 e. The maximum atomic E-state index is 9.52. The lowest BCUT2D eigenvalue weighted by Gasteiger charge is -2.29. The molecule has 19 heavy (non-hydrogen) atoms. The molecule has 1 aromatic carbocycles. The van der Waals surface area contributed by atoms with Gasteiger partial charge in [0.15, 0.2) is 0 Å². The van der Waals surface area contributed by atoms with E-state index < -0.39 is 0 Å². The van der Waals surface area contributed by atoms with Crippen LogP contribution in [-0.4, -0.2) is 38.5 Å². The van der Waals surface area contributed by atoms with E-state index in [0.29, 0.717) is 12.5 Å². The third-order valence-corrected chi connectivity index (χ3v) is 3.81. The molecule has 0 spiro atoms. The molecule has 0 radical (unpaired) electrons. The summed E-state index contributed by atoms with van der Waals surface area (Å²) in [4.78, 5) is 0. The number of ether oxygens (including phenoxy) is 2. The van der Waals surface area contributed by atoms with E-state index >= 15 is 0 Å². The summed E-state index contributed by atoms with van der Waals surface area (Å²) in [5.41, 5.74) is 0. The van der Waals surface area contributed by atoms with E-state index in [9.17, 15) is 5.11 Å². The minimum Gasteiger partial charge on any atom is -0.497 e. The Kier molecular flexibility index (Phi) is 5.48. The largest absolute Gasteiger partial charge is 0.497 e. The number of methoxy groups -OCH3 is 1. The van der Waals surface area contributed by atoms with Gasteiger partial charge >= 0.3 is 0 Å². The Morgan fingerprint density at radius 2 is 1.84 bits per heavy atom. The first kappa shape index (κ1) is 14.2. The lowest BCUT2D eigenvalue weighted by molar-refractivity contribution is 0.102. The first-order valence-electron chi connectivity index (χ1n) is 6.92. The molecule has 1 aromatic rings. The summed E-state index contributed by atoms with van der Waals surface area (Å²) in [7, 11) is 1.65. The average molecular weight is 265 g/mol. The first-order valence-corrected chi connectivity index (χ1v) is 6.92. The SMILES string of the molecule is COc1ccc(OCC(CO)C2CCNCC2)cc1. The molecular weight excluding hydrogens is 242 g/mol. The molecule has 0 amide bonds. The maximum Gasteiger partial charge on any atom is 0.119 e. The normalized spacial score (nSPS) is 18.0. The van der Waals surface area contributed by atoms with Crippen LogP contribution in [0.3, 0.4) is 0 Å². The van der Waals surface area contributed by atoms with Crippen molar-refractivity contribution in [3.8, 4) is 11.5 Å². The van der Waals surface area contributed by atoms with Gasteiger partial charge in [0.05, 0.1) is 13.7 Å². The lowest BCUT2D eigenvalue weighted by Crippen LogP contribution is -2.35. The van der Waals surface area contributed by atoms with Crippen molar-refractivity contribution in [2.75, 3.05) is 33.4 Å². The highest BCUT2D eigenvalue weighted by Gasteiger charge is 2.23. The summed E-state index contributed by atoms with van der Waals surface area (Å²) in [6, 6.07) is 7.56. The van der Waals surface area contributed by atoms with Crippen molar-refractivity contribution in [3.05, 3.63) is 24.3 Å². The Morgan fingerprint density at radius 3 is 2.42 bits per heavy atom. The second kappa shape index (κ2) is 7.36. The molecule has 1 heterocycles. The number of piperidine rings is 1. The van der Waals surface area contributed by atoms with Gasteiger partial charge in [-0.3, -0.25) is 0 Å². The second-order valence-electron chi connectivity index (χ2n) is 5.02. The van der Waals surface area contributed by atoms with Crippen molar-refractivity contribution in [2.24, 2.45) is 11.8 Å². The second-order valence-corrected chi connectivity index (χ2v) is 5.02. The van der Waals surface area contributed by atoms with Gasteiger partial charge in [0.2, 0.25) is 0 Å². The first-order chi connectivity index (χ1) is 9.33. The Bertz CT molecular complexity index is 360. The van der Waals surface area contributed by atoms with Crippen LogP contribution in [0.5, 0.6) is 11.5 Å². The third kappa shape index (κ3) is 4.11. The van der Waals surface area contributed by atoms with Crippen LogP contribution >= 0.6 is 0 Å². The standard InChI is InChI=1S/C15H23NO3/c1-18-14-2-4-15(5-3-14)19-11-13(10-17)12-6-8-16-9-7-12/h2-5,12-13,16-17H,6-11H2,1H3. The highest BCUT2D eigenvalue weighted by atomic mass is 16.5. The quantitative estimate of drug-likeness (QED) is 0.821. The van der Waals surface area contributed by atoms with Gasteiger partial charge in [-0.1, -0.05) is 0 Å². The monoisotopic (exact) mass is 265 g/mol. The molecule has 0 saturated carbocycles. The molecule has 2 N–H and O–H groups in total. The van der Waals surface area contributed by atoms with Crippen LogP contribution in [0.1, 0.15) is 12.8 Å². The molecule has 1 saturated heterocycles. The number of aliphatic hydroxyl groups excluding tert-OH is 1. The number of rotatable bonds is 6. The number of hydrogen-bond acceptors (Lipinski definition) is 4. The van der Waals surface area contributed by atoms with Gasteiger partial charge in [-0.15, -0.1) is 0 Å². The summed E-state index contributed by atoms with van der Waals surface area (Å²) in [5, 5.41) is 12.9. The molecule has 1 aliphatic heterocycles.